The molecule has 19 heavy (non-hydrogen) atoms. The van der Waals surface area contributed by atoms with Crippen LogP contribution in [0, 0.1) is 5.92 Å². The molecular weight excluding hydrogens is 238 g/mol. The number of carbonyl (C=O) groups excluding carboxylic acids is 1. The number of hydrogen-bond acceptors (Lipinski definition) is 3. The van der Waals surface area contributed by atoms with E-state index in [4.69, 9.17) is 0 Å². The van der Waals surface area contributed by atoms with Gasteiger partial charge in [0.25, 0.3) is 0 Å². The lowest BCUT2D eigenvalue weighted by Gasteiger charge is -2.27. The van der Waals surface area contributed by atoms with E-state index >= 15 is 0 Å². The average Bonchev–Trinajstić information content (AvgIpc) is 2.63. The first-order chi connectivity index (χ1) is 8.97. The van der Waals surface area contributed by atoms with E-state index in [9.17, 15) is 4.79 Å². The molecule has 1 heterocycles. The topological polar surface area (TPSA) is 35.6 Å². The molecule has 4 heteroatoms. The van der Waals surface area contributed by atoms with Crippen molar-refractivity contribution in [2.24, 2.45) is 5.92 Å². The Balaban J connectivity index is 2.49. The molecule has 2 unspecified atom stereocenters. The van der Waals surface area contributed by atoms with Crippen LogP contribution in [-0.4, -0.2) is 55.1 Å². The second-order valence-electron chi connectivity index (χ2n) is 6.24. The Morgan fingerprint density at radius 2 is 2.00 bits per heavy atom. The Morgan fingerprint density at radius 1 is 1.32 bits per heavy atom. The Bertz CT molecular complexity index is 279. The first kappa shape index (κ1) is 16.4. The molecular formula is C15H31N3O. The highest BCUT2D eigenvalue weighted by atomic mass is 16.2. The van der Waals surface area contributed by atoms with Crippen molar-refractivity contribution in [1.82, 2.24) is 15.1 Å². The molecule has 0 aromatic rings. The fraction of sp³-hybridized carbons (Fsp3) is 0.933. The van der Waals surface area contributed by atoms with Crippen molar-refractivity contribution in [3.05, 3.63) is 0 Å². The minimum absolute atomic E-state index is 0.0475. The van der Waals surface area contributed by atoms with E-state index in [0.29, 0.717) is 11.8 Å². The number of rotatable bonds is 8. The zero-order chi connectivity index (χ0) is 14.4. The standard InChI is InChI=1S/C15H31N3O/c1-6-9-13-15(19)18(14(16-13)12(2)3)11-8-7-10-17(4)5/h12-14,16H,6-11H2,1-5H3. The summed E-state index contributed by atoms with van der Waals surface area (Å²) in [5.41, 5.74) is 0. The highest BCUT2D eigenvalue weighted by Gasteiger charge is 2.38. The number of amides is 1. The molecule has 112 valence electrons. The second-order valence-corrected chi connectivity index (χ2v) is 6.24. The molecule has 0 spiro atoms. The summed E-state index contributed by atoms with van der Waals surface area (Å²) >= 11 is 0. The molecule has 0 aromatic heterocycles. The summed E-state index contributed by atoms with van der Waals surface area (Å²) in [6.07, 6.45) is 4.48. The van der Waals surface area contributed by atoms with Gasteiger partial charge in [-0.2, -0.15) is 0 Å². The largest absolute Gasteiger partial charge is 0.326 e. The lowest BCUT2D eigenvalue weighted by atomic mass is 10.1. The van der Waals surface area contributed by atoms with Crippen molar-refractivity contribution in [3.8, 4) is 0 Å². The van der Waals surface area contributed by atoms with Crippen LogP contribution < -0.4 is 5.32 Å². The fourth-order valence-electron chi connectivity index (χ4n) is 2.71. The van der Waals surface area contributed by atoms with Gasteiger partial charge in [-0.1, -0.05) is 27.2 Å². The zero-order valence-electron chi connectivity index (χ0n) is 13.3. The van der Waals surface area contributed by atoms with Gasteiger partial charge >= 0.3 is 0 Å². The molecule has 1 amide bonds. The smallest absolute Gasteiger partial charge is 0.241 e. The van der Waals surface area contributed by atoms with E-state index < -0.39 is 0 Å². The third kappa shape index (κ3) is 4.77. The third-order valence-electron chi connectivity index (χ3n) is 3.75. The minimum atomic E-state index is 0.0475. The first-order valence-electron chi connectivity index (χ1n) is 7.68. The molecule has 2 atom stereocenters. The Hall–Kier alpha value is -0.610. The molecule has 0 radical (unpaired) electrons. The lowest BCUT2D eigenvalue weighted by Crippen LogP contribution is -2.42. The molecule has 1 rings (SSSR count). The van der Waals surface area contributed by atoms with Crippen molar-refractivity contribution in [1.29, 1.82) is 0 Å². The van der Waals surface area contributed by atoms with Gasteiger partial charge in [0, 0.05) is 6.54 Å². The third-order valence-corrected chi connectivity index (χ3v) is 3.75. The van der Waals surface area contributed by atoms with E-state index in [1.54, 1.807) is 0 Å². The second kappa shape index (κ2) is 7.85. The minimum Gasteiger partial charge on any atom is -0.326 e. The highest BCUT2D eigenvalue weighted by molar-refractivity contribution is 5.84. The maximum atomic E-state index is 12.4. The van der Waals surface area contributed by atoms with Gasteiger partial charge in [-0.05, 0) is 45.8 Å². The van der Waals surface area contributed by atoms with Crippen molar-refractivity contribution in [2.75, 3.05) is 27.2 Å². The first-order valence-corrected chi connectivity index (χ1v) is 7.68. The van der Waals surface area contributed by atoms with Gasteiger partial charge in [0.2, 0.25) is 5.91 Å². The molecule has 1 aliphatic heterocycles. The summed E-state index contributed by atoms with van der Waals surface area (Å²) < 4.78 is 0. The number of nitrogens with one attached hydrogen (secondary N) is 1. The van der Waals surface area contributed by atoms with E-state index in [1.165, 1.54) is 0 Å². The van der Waals surface area contributed by atoms with Crippen molar-refractivity contribution < 1.29 is 4.79 Å². The van der Waals surface area contributed by atoms with Gasteiger partial charge < -0.3 is 9.80 Å². The van der Waals surface area contributed by atoms with Gasteiger partial charge in [-0.3, -0.25) is 10.1 Å². The summed E-state index contributed by atoms with van der Waals surface area (Å²) in [5.74, 6) is 0.782. The van der Waals surface area contributed by atoms with Crippen LogP contribution >= 0.6 is 0 Å². The van der Waals surface area contributed by atoms with Crippen LogP contribution in [0.5, 0.6) is 0 Å². The Morgan fingerprint density at radius 3 is 2.53 bits per heavy atom. The maximum Gasteiger partial charge on any atom is 0.241 e. The van der Waals surface area contributed by atoms with Crippen LogP contribution in [0.4, 0.5) is 0 Å². The molecule has 0 bridgehead atoms. The van der Waals surface area contributed by atoms with Crippen LogP contribution in [0.1, 0.15) is 46.5 Å². The number of nitrogens with zero attached hydrogens (tertiary/aromatic N) is 2. The summed E-state index contributed by atoms with van der Waals surface area (Å²) in [6, 6.07) is 0.0475. The van der Waals surface area contributed by atoms with E-state index in [-0.39, 0.29) is 12.2 Å². The van der Waals surface area contributed by atoms with Crippen molar-refractivity contribution in [3.63, 3.8) is 0 Å². The van der Waals surface area contributed by atoms with E-state index in [2.05, 4.69) is 50.0 Å². The molecule has 4 nitrogen and oxygen atoms in total. The van der Waals surface area contributed by atoms with Gasteiger partial charge in [0.05, 0.1) is 12.2 Å². The van der Waals surface area contributed by atoms with Gasteiger partial charge in [-0.15, -0.1) is 0 Å². The zero-order valence-corrected chi connectivity index (χ0v) is 13.3. The average molecular weight is 269 g/mol. The normalized spacial score (nSPS) is 23.9. The number of hydrogen-bond donors (Lipinski definition) is 1. The van der Waals surface area contributed by atoms with Crippen LogP contribution in [0.3, 0.4) is 0 Å². The van der Waals surface area contributed by atoms with Crippen LogP contribution in [0.15, 0.2) is 0 Å². The van der Waals surface area contributed by atoms with E-state index in [1.807, 2.05) is 0 Å². The maximum absolute atomic E-state index is 12.4. The molecule has 0 saturated carbocycles. The number of unbranched alkanes of at least 4 members (excludes halogenated alkanes) is 1. The summed E-state index contributed by atoms with van der Waals surface area (Å²) in [4.78, 5) is 16.7. The number of carbonyl (C=O) groups is 1. The summed E-state index contributed by atoms with van der Waals surface area (Å²) in [5, 5.41) is 3.51. The van der Waals surface area contributed by atoms with E-state index in [0.717, 1.165) is 38.8 Å². The predicted octanol–water partition coefficient (Wildman–Crippen LogP) is 1.91. The summed E-state index contributed by atoms with van der Waals surface area (Å²) in [7, 11) is 4.19. The van der Waals surface area contributed by atoms with Gasteiger partial charge in [0.15, 0.2) is 0 Å². The molecule has 1 fully saturated rings. The summed E-state index contributed by atoms with van der Waals surface area (Å²) in [6.45, 7) is 8.50. The lowest BCUT2D eigenvalue weighted by molar-refractivity contribution is -0.130. The Labute approximate surface area is 118 Å². The molecule has 1 aliphatic rings. The fourth-order valence-corrected chi connectivity index (χ4v) is 2.71. The predicted molar refractivity (Wildman–Crippen MR) is 80.0 cm³/mol. The van der Waals surface area contributed by atoms with Crippen molar-refractivity contribution in [2.45, 2.75) is 58.7 Å². The van der Waals surface area contributed by atoms with Gasteiger partial charge in [0.1, 0.15) is 0 Å². The molecule has 0 aromatic carbocycles. The van der Waals surface area contributed by atoms with Gasteiger partial charge in [-0.25, -0.2) is 0 Å². The Kier molecular flexibility index (Phi) is 6.80. The monoisotopic (exact) mass is 269 g/mol. The van der Waals surface area contributed by atoms with Crippen LogP contribution in [0.2, 0.25) is 0 Å². The SMILES string of the molecule is CCCC1NC(C(C)C)N(CCCCN(C)C)C1=O. The quantitative estimate of drug-likeness (QED) is 0.684. The highest BCUT2D eigenvalue weighted by Crippen LogP contribution is 2.20. The van der Waals surface area contributed by atoms with Crippen molar-refractivity contribution >= 4 is 5.91 Å². The van der Waals surface area contributed by atoms with Crippen LogP contribution in [-0.2, 0) is 4.79 Å². The molecule has 0 aliphatic carbocycles. The van der Waals surface area contributed by atoms with Crippen LogP contribution in [0.25, 0.3) is 0 Å². The molecule has 1 saturated heterocycles. The molecule has 1 N–H and O–H groups in total.